The molecule has 0 spiro atoms. The highest BCUT2D eigenvalue weighted by atomic mass is 32.1. The maximum atomic E-state index is 14.5. The molecule has 112 valence electrons. The van der Waals surface area contributed by atoms with Crippen molar-refractivity contribution >= 4 is 27.2 Å². The third kappa shape index (κ3) is 2.20. The van der Waals surface area contributed by atoms with E-state index in [0.29, 0.717) is 26.6 Å². The second kappa shape index (κ2) is 5.30. The number of ketones is 1. The minimum Gasteiger partial charge on any atom is -0.493 e. The highest BCUT2D eigenvalue weighted by Crippen LogP contribution is 2.42. The van der Waals surface area contributed by atoms with Crippen LogP contribution < -0.4 is 9.47 Å². The van der Waals surface area contributed by atoms with Crippen LogP contribution in [0.4, 0.5) is 4.39 Å². The first-order valence-electron chi connectivity index (χ1n) is 6.95. The van der Waals surface area contributed by atoms with Crippen LogP contribution >= 0.6 is 11.3 Å². The fraction of sp³-hybridized carbons (Fsp3) is 0.438. The molecule has 0 amide bonds. The SMILES string of the molecule is COc1cc2sc(C(=O)[C@@H]3CC[C@H]3C)cc2c(F)c1OC. The van der Waals surface area contributed by atoms with Crippen LogP contribution in [0, 0.1) is 17.7 Å². The molecule has 0 unspecified atom stereocenters. The van der Waals surface area contributed by atoms with Gasteiger partial charge in [-0.25, -0.2) is 4.39 Å². The molecule has 2 aromatic rings. The Labute approximate surface area is 126 Å². The highest BCUT2D eigenvalue weighted by molar-refractivity contribution is 7.20. The standard InChI is InChI=1S/C16H17FO3S/c1-8-4-5-9(8)15(18)13-6-10-12(21-13)7-11(19-2)16(20-3)14(10)17/h6-9H,4-5H2,1-3H3/t8-,9-/m1/s1. The first-order chi connectivity index (χ1) is 10.1. The molecular formula is C16H17FO3S. The van der Waals surface area contributed by atoms with Crippen LogP contribution in [-0.2, 0) is 0 Å². The number of benzene rings is 1. The molecule has 1 saturated carbocycles. The second-order valence-electron chi connectivity index (χ2n) is 5.47. The molecule has 0 saturated heterocycles. The normalized spacial score (nSPS) is 21.1. The Hall–Kier alpha value is -1.62. The lowest BCUT2D eigenvalue weighted by molar-refractivity contribution is 0.0768. The van der Waals surface area contributed by atoms with Crippen LogP contribution in [0.15, 0.2) is 12.1 Å². The Morgan fingerprint density at radius 1 is 1.29 bits per heavy atom. The molecule has 0 radical (unpaired) electrons. The van der Waals surface area contributed by atoms with E-state index in [-0.39, 0.29) is 17.5 Å². The summed E-state index contributed by atoms with van der Waals surface area (Å²) in [5.41, 5.74) is 0. The van der Waals surface area contributed by atoms with Crippen LogP contribution in [0.1, 0.15) is 29.4 Å². The zero-order chi connectivity index (χ0) is 15.1. The lowest BCUT2D eigenvalue weighted by Crippen LogP contribution is -2.30. The Bertz CT molecular complexity index is 707. The highest BCUT2D eigenvalue weighted by Gasteiger charge is 2.34. The summed E-state index contributed by atoms with van der Waals surface area (Å²) in [5.74, 6) is 0.608. The third-order valence-electron chi connectivity index (χ3n) is 4.31. The number of Topliss-reactive ketones (excluding diaryl/α,β-unsaturated/α-hetero) is 1. The van der Waals surface area contributed by atoms with Crippen molar-refractivity contribution < 1.29 is 18.7 Å². The summed E-state index contributed by atoms with van der Waals surface area (Å²) >= 11 is 1.32. The number of hydrogen-bond acceptors (Lipinski definition) is 4. The van der Waals surface area contributed by atoms with Crippen molar-refractivity contribution in [1.82, 2.24) is 0 Å². The number of rotatable bonds is 4. The summed E-state index contributed by atoms with van der Waals surface area (Å²) in [5, 5.41) is 0.424. The van der Waals surface area contributed by atoms with Gasteiger partial charge in [-0.15, -0.1) is 11.3 Å². The molecule has 0 aliphatic heterocycles. The van der Waals surface area contributed by atoms with Gasteiger partial charge in [-0.3, -0.25) is 4.79 Å². The molecule has 5 heteroatoms. The van der Waals surface area contributed by atoms with Crippen molar-refractivity contribution in [3.8, 4) is 11.5 Å². The van der Waals surface area contributed by atoms with Gasteiger partial charge in [0.1, 0.15) is 0 Å². The van der Waals surface area contributed by atoms with Gasteiger partial charge in [-0.1, -0.05) is 6.92 Å². The summed E-state index contributed by atoms with van der Waals surface area (Å²) < 4.78 is 25.4. The van der Waals surface area contributed by atoms with E-state index >= 15 is 0 Å². The lowest BCUT2D eigenvalue weighted by atomic mass is 9.72. The van der Waals surface area contributed by atoms with Crippen LogP contribution in [0.2, 0.25) is 0 Å². The molecule has 3 nitrogen and oxygen atoms in total. The van der Waals surface area contributed by atoms with Crippen LogP contribution in [-0.4, -0.2) is 20.0 Å². The van der Waals surface area contributed by atoms with Gasteiger partial charge >= 0.3 is 0 Å². The number of fused-ring (bicyclic) bond motifs is 1. The quantitative estimate of drug-likeness (QED) is 0.791. The number of carbonyl (C=O) groups is 1. The second-order valence-corrected chi connectivity index (χ2v) is 6.56. The largest absolute Gasteiger partial charge is 0.493 e. The third-order valence-corrected chi connectivity index (χ3v) is 5.40. The van der Waals surface area contributed by atoms with Crippen LogP contribution in [0.3, 0.4) is 0 Å². The van der Waals surface area contributed by atoms with E-state index in [0.717, 1.165) is 12.8 Å². The van der Waals surface area contributed by atoms with Crippen molar-refractivity contribution in [3.63, 3.8) is 0 Å². The fourth-order valence-corrected chi connectivity index (χ4v) is 3.89. The molecule has 2 atom stereocenters. The van der Waals surface area contributed by atoms with Crippen LogP contribution in [0.5, 0.6) is 11.5 Å². The fourth-order valence-electron chi connectivity index (χ4n) is 2.80. The Kier molecular flexibility index (Phi) is 3.61. The van der Waals surface area contributed by atoms with Crippen molar-refractivity contribution in [3.05, 3.63) is 22.8 Å². The van der Waals surface area contributed by atoms with E-state index in [1.807, 2.05) is 0 Å². The van der Waals surface area contributed by atoms with E-state index in [9.17, 15) is 9.18 Å². The predicted molar refractivity (Wildman–Crippen MR) is 81.1 cm³/mol. The molecule has 1 aromatic heterocycles. The Morgan fingerprint density at radius 3 is 2.57 bits per heavy atom. The molecule has 1 fully saturated rings. The summed E-state index contributed by atoms with van der Waals surface area (Å²) in [7, 11) is 2.88. The van der Waals surface area contributed by atoms with E-state index in [1.165, 1.54) is 25.6 Å². The van der Waals surface area contributed by atoms with Gasteiger partial charge in [-0.2, -0.15) is 0 Å². The zero-order valence-corrected chi connectivity index (χ0v) is 13.1. The smallest absolute Gasteiger partial charge is 0.197 e. The van der Waals surface area contributed by atoms with E-state index in [2.05, 4.69) is 6.92 Å². The molecular weight excluding hydrogens is 291 g/mol. The van der Waals surface area contributed by atoms with Gasteiger partial charge in [-0.05, 0) is 24.8 Å². The first-order valence-corrected chi connectivity index (χ1v) is 7.76. The summed E-state index contributed by atoms with van der Waals surface area (Å²) in [6.45, 7) is 2.09. The molecule has 0 N–H and O–H groups in total. The lowest BCUT2D eigenvalue weighted by Gasteiger charge is -2.31. The van der Waals surface area contributed by atoms with Gasteiger partial charge in [0.15, 0.2) is 23.1 Å². The minimum atomic E-state index is -0.469. The van der Waals surface area contributed by atoms with E-state index < -0.39 is 5.82 Å². The van der Waals surface area contributed by atoms with Crippen molar-refractivity contribution in [2.75, 3.05) is 14.2 Å². The number of carbonyl (C=O) groups excluding carboxylic acids is 1. The molecule has 1 heterocycles. The van der Waals surface area contributed by atoms with Gasteiger partial charge in [0, 0.05) is 22.1 Å². The topological polar surface area (TPSA) is 35.5 Å². The van der Waals surface area contributed by atoms with Crippen molar-refractivity contribution in [2.45, 2.75) is 19.8 Å². The summed E-state index contributed by atoms with van der Waals surface area (Å²) in [6.07, 6.45) is 2.03. The van der Waals surface area contributed by atoms with Crippen LogP contribution in [0.25, 0.3) is 10.1 Å². The molecule has 1 aromatic carbocycles. The maximum absolute atomic E-state index is 14.5. The van der Waals surface area contributed by atoms with Gasteiger partial charge < -0.3 is 9.47 Å². The zero-order valence-electron chi connectivity index (χ0n) is 12.2. The van der Waals surface area contributed by atoms with Crippen molar-refractivity contribution in [2.24, 2.45) is 11.8 Å². The number of halogens is 1. The molecule has 0 bridgehead atoms. The summed E-state index contributed by atoms with van der Waals surface area (Å²) in [4.78, 5) is 13.1. The number of thiophene rings is 1. The average molecular weight is 308 g/mol. The molecule has 1 aliphatic carbocycles. The summed E-state index contributed by atoms with van der Waals surface area (Å²) in [6, 6.07) is 3.37. The minimum absolute atomic E-state index is 0.0822. The van der Waals surface area contributed by atoms with Gasteiger partial charge in [0.05, 0.1) is 19.1 Å². The average Bonchev–Trinajstić information content (AvgIpc) is 2.89. The molecule has 1 aliphatic rings. The number of hydrogen-bond donors (Lipinski definition) is 0. The predicted octanol–water partition coefficient (Wildman–Crippen LogP) is 4.29. The molecule has 21 heavy (non-hydrogen) atoms. The number of methoxy groups -OCH3 is 2. The van der Waals surface area contributed by atoms with E-state index in [4.69, 9.17) is 9.47 Å². The maximum Gasteiger partial charge on any atom is 0.197 e. The van der Waals surface area contributed by atoms with Crippen molar-refractivity contribution in [1.29, 1.82) is 0 Å². The monoisotopic (exact) mass is 308 g/mol. The first kappa shape index (κ1) is 14.3. The Balaban J connectivity index is 2.07. The van der Waals surface area contributed by atoms with Gasteiger partial charge in [0.2, 0.25) is 0 Å². The van der Waals surface area contributed by atoms with E-state index in [1.54, 1.807) is 12.1 Å². The Morgan fingerprint density at radius 2 is 2.05 bits per heavy atom. The molecule has 3 rings (SSSR count). The number of ether oxygens (including phenoxy) is 2. The van der Waals surface area contributed by atoms with Gasteiger partial charge in [0.25, 0.3) is 0 Å².